The molecule has 3 rings (SSSR count). The molecule has 0 heterocycles. The van der Waals surface area contributed by atoms with Crippen LogP contribution in [0.15, 0.2) is 66.8 Å². The zero-order valence-corrected chi connectivity index (χ0v) is 13.0. The van der Waals surface area contributed by atoms with Crippen LogP contribution >= 0.6 is 0 Å². The third-order valence-corrected chi connectivity index (χ3v) is 4.07. The molecule has 1 atom stereocenters. The molecule has 2 heteroatoms. The Morgan fingerprint density at radius 3 is 1.91 bits per heavy atom. The highest BCUT2D eigenvalue weighted by Gasteiger charge is 2.12. The molecule has 0 fully saturated rings. The Labute approximate surface area is 131 Å². The average molecular weight is 292 g/mol. The summed E-state index contributed by atoms with van der Waals surface area (Å²) in [7, 11) is 3.38. The summed E-state index contributed by atoms with van der Waals surface area (Å²) in [6.45, 7) is 0. The summed E-state index contributed by atoms with van der Waals surface area (Å²) in [5.41, 5.74) is 3.82. The van der Waals surface area contributed by atoms with E-state index in [0.717, 1.165) is 17.9 Å². The van der Waals surface area contributed by atoms with Gasteiger partial charge in [0.2, 0.25) is 0 Å². The third-order valence-electron chi connectivity index (χ3n) is 4.07. The van der Waals surface area contributed by atoms with Gasteiger partial charge in [-0.05, 0) is 47.4 Å². The van der Waals surface area contributed by atoms with Crippen molar-refractivity contribution in [1.29, 1.82) is 0 Å². The van der Waals surface area contributed by atoms with E-state index >= 15 is 0 Å². The summed E-state index contributed by atoms with van der Waals surface area (Å²) < 4.78 is 10.4. The normalized spacial score (nSPS) is 17.0. The van der Waals surface area contributed by atoms with Crippen molar-refractivity contribution in [1.82, 2.24) is 0 Å². The van der Waals surface area contributed by atoms with E-state index in [9.17, 15) is 0 Å². The fourth-order valence-electron chi connectivity index (χ4n) is 2.72. The number of rotatable bonds is 4. The van der Waals surface area contributed by atoms with Crippen LogP contribution in [-0.4, -0.2) is 14.2 Å². The monoisotopic (exact) mass is 292 g/mol. The summed E-state index contributed by atoms with van der Waals surface area (Å²) >= 11 is 0. The summed E-state index contributed by atoms with van der Waals surface area (Å²) in [5.74, 6) is 2.23. The van der Waals surface area contributed by atoms with Gasteiger partial charge in [-0.3, -0.25) is 0 Å². The van der Waals surface area contributed by atoms with Crippen LogP contribution in [0.25, 0.3) is 5.57 Å². The van der Waals surface area contributed by atoms with Crippen LogP contribution in [0.4, 0.5) is 0 Å². The predicted octanol–water partition coefficient (Wildman–Crippen LogP) is 4.83. The molecule has 0 radical (unpaired) electrons. The molecule has 0 saturated carbocycles. The molecule has 0 aromatic heterocycles. The second kappa shape index (κ2) is 6.52. The number of allylic oxidation sites excluding steroid dienone is 4. The number of benzene rings is 2. The van der Waals surface area contributed by atoms with Gasteiger partial charge in [-0.25, -0.2) is 0 Å². The predicted molar refractivity (Wildman–Crippen MR) is 90.5 cm³/mol. The van der Waals surface area contributed by atoms with Gasteiger partial charge in [0.05, 0.1) is 14.2 Å². The maximum Gasteiger partial charge on any atom is 0.118 e. The maximum atomic E-state index is 5.21. The second-order valence-corrected chi connectivity index (χ2v) is 5.36. The lowest BCUT2D eigenvalue weighted by Crippen LogP contribution is -1.98. The lowest BCUT2D eigenvalue weighted by Gasteiger charge is -2.17. The van der Waals surface area contributed by atoms with Gasteiger partial charge in [-0.2, -0.15) is 0 Å². The maximum absolute atomic E-state index is 5.21. The Morgan fingerprint density at radius 2 is 1.41 bits per heavy atom. The van der Waals surface area contributed by atoms with Crippen LogP contribution < -0.4 is 9.47 Å². The third kappa shape index (κ3) is 3.06. The van der Waals surface area contributed by atoms with Crippen molar-refractivity contribution in [3.05, 3.63) is 77.9 Å². The summed E-state index contributed by atoms with van der Waals surface area (Å²) in [5, 5.41) is 0. The van der Waals surface area contributed by atoms with E-state index in [1.54, 1.807) is 14.2 Å². The van der Waals surface area contributed by atoms with Crippen molar-refractivity contribution in [3.63, 3.8) is 0 Å². The molecule has 1 aliphatic rings. The minimum Gasteiger partial charge on any atom is -0.497 e. The zero-order chi connectivity index (χ0) is 15.4. The topological polar surface area (TPSA) is 18.5 Å². The SMILES string of the molecule is COc1ccc(C2=CCC(c3ccc(OC)cc3)C=C2)cc1. The highest BCUT2D eigenvalue weighted by molar-refractivity contribution is 5.75. The van der Waals surface area contributed by atoms with Crippen molar-refractivity contribution < 1.29 is 9.47 Å². The lowest BCUT2D eigenvalue weighted by molar-refractivity contribution is 0.414. The zero-order valence-electron chi connectivity index (χ0n) is 13.0. The number of hydrogen-bond donors (Lipinski definition) is 0. The standard InChI is InChI=1S/C20H20O2/c1-21-19-11-7-17(8-12-19)15-3-5-16(6-4-15)18-9-13-20(22-2)14-10-18/h3-5,7-14,16H,6H2,1-2H3. The Hall–Kier alpha value is -2.48. The largest absolute Gasteiger partial charge is 0.497 e. The Bertz CT molecular complexity index is 679. The van der Waals surface area contributed by atoms with Gasteiger partial charge >= 0.3 is 0 Å². The molecule has 112 valence electrons. The quantitative estimate of drug-likeness (QED) is 0.803. The van der Waals surface area contributed by atoms with Gasteiger partial charge in [0.25, 0.3) is 0 Å². The second-order valence-electron chi connectivity index (χ2n) is 5.36. The molecule has 2 nitrogen and oxygen atoms in total. The van der Waals surface area contributed by atoms with Crippen LogP contribution in [0.5, 0.6) is 11.5 Å². The first-order valence-corrected chi connectivity index (χ1v) is 7.47. The highest BCUT2D eigenvalue weighted by Crippen LogP contribution is 2.31. The summed E-state index contributed by atoms with van der Waals surface area (Å²) in [6.07, 6.45) is 7.81. The fraction of sp³-hybridized carbons (Fsp3) is 0.200. The Balaban J connectivity index is 1.72. The Kier molecular flexibility index (Phi) is 4.29. The van der Waals surface area contributed by atoms with Crippen molar-refractivity contribution in [2.75, 3.05) is 14.2 Å². The van der Waals surface area contributed by atoms with Crippen LogP contribution in [0, 0.1) is 0 Å². The molecular formula is C20H20O2. The first-order chi connectivity index (χ1) is 10.8. The van der Waals surface area contributed by atoms with Gasteiger partial charge < -0.3 is 9.47 Å². The number of ether oxygens (including phenoxy) is 2. The molecule has 1 aliphatic carbocycles. The minimum absolute atomic E-state index is 0.438. The van der Waals surface area contributed by atoms with E-state index in [1.807, 2.05) is 24.3 Å². The molecular weight excluding hydrogens is 272 g/mol. The van der Waals surface area contributed by atoms with E-state index < -0.39 is 0 Å². The first kappa shape index (κ1) is 14.5. The van der Waals surface area contributed by atoms with E-state index in [2.05, 4.69) is 42.5 Å². The van der Waals surface area contributed by atoms with Crippen LogP contribution in [0.3, 0.4) is 0 Å². The van der Waals surface area contributed by atoms with Crippen molar-refractivity contribution in [3.8, 4) is 11.5 Å². The smallest absolute Gasteiger partial charge is 0.118 e. The minimum atomic E-state index is 0.438. The van der Waals surface area contributed by atoms with Gasteiger partial charge in [0, 0.05) is 5.92 Å². The molecule has 22 heavy (non-hydrogen) atoms. The molecule has 2 aromatic rings. The molecule has 0 amide bonds. The molecule has 0 saturated heterocycles. The van der Waals surface area contributed by atoms with Crippen LogP contribution in [0.2, 0.25) is 0 Å². The Morgan fingerprint density at radius 1 is 0.818 bits per heavy atom. The van der Waals surface area contributed by atoms with Gasteiger partial charge in [-0.1, -0.05) is 42.5 Å². The molecule has 0 N–H and O–H groups in total. The highest BCUT2D eigenvalue weighted by atomic mass is 16.5. The van der Waals surface area contributed by atoms with Crippen molar-refractivity contribution in [2.45, 2.75) is 12.3 Å². The van der Waals surface area contributed by atoms with Gasteiger partial charge in [0.1, 0.15) is 11.5 Å². The lowest BCUT2D eigenvalue weighted by atomic mass is 9.88. The fourth-order valence-corrected chi connectivity index (χ4v) is 2.72. The van der Waals surface area contributed by atoms with Gasteiger partial charge in [0.15, 0.2) is 0 Å². The van der Waals surface area contributed by atoms with E-state index in [4.69, 9.17) is 9.47 Å². The molecule has 1 unspecified atom stereocenters. The summed E-state index contributed by atoms with van der Waals surface area (Å²) in [6, 6.07) is 16.5. The molecule has 0 spiro atoms. The van der Waals surface area contributed by atoms with E-state index in [0.29, 0.717) is 5.92 Å². The van der Waals surface area contributed by atoms with Crippen molar-refractivity contribution >= 4 is 5.57 Å². The number of methoxy groups -OCH3 is 2. The first-order valence-electron chi connectivity index (χ1n) is 7.47. The van der Waals surface area contributed by atoms with Crippen LogP contribution in [0.1, 0.15) is 23.5 Å². The van der Waals surface area contributed by atoms with Crippen LogP contribution in [-0.2, 0) is 0 Å². The van der Waals surface area contributed by atoms with Gasteiger partial charge in [-0.15, -0.1) is 0 Å². The van der Waals surface area contributed by atoms with E-state index in [1.165, 1.54) is 16.7 Å². The average Bonchev–Trinajstić information content (AvgIpc) is 2.62. The van der Waals surface area contributed by atoms with E-state index in [-0.39, 0.29) is 0 Å². The molecule has 0 aliphatic heterocycles. The molecule has 0 bridgehead atoms. The number of hydrogen-bond acceptors (Lipinski definition) is 2. The van der Waals surface area contributed by atoms with Crippen molar-refractivity contribution in [2.24, 2.45) is 0 Å². The summed E-state index contributed by atoms with van der Waals surface area (Å²) in [4.78, 5) is 0. The molecule has 2 aromatic carbocycles.